The molecule has 0 amide bonds. The number of rotatable bonds is 23. The molecule has 0 aliphatic heterocycles. The molecule has 0 N–H and O–H groups in total. The van der Waals surface area contributed by atoms with Crippen LogP contribution in [0.15, 0.2) is 113 Å². The third kappa shape index (κ3) is 13.3. The molecule has 0 heterocycles. The summed E-state index contributed by atoms with van der Waals surface area (Å²) in [5.41, 5.74) is 6.89. The van der Waals surface area contributed by atoms with Crippen LogP contribution >= 0.6 is 0 Å². The van der Waals surface area contributed by atoms with Gasteiger partial charge in [0.2, 0.25) is 0 Å². The number of hydrogen-bond donors (Lipinski definition) is 0. The van der Waals surface area contributed by atoms with Crippen molar-refractivity contribution >= 4 is 34.9 Å². The van der Waals surface area contributed by atoms with Crippen molar-refractivity contribution in [2.75, 3.05) is 6.61 Å². The maximum Gasteiger partial charge on any atom is 0.343 e. The zero-order valence-corrected chi connectivity index (χ0v) is 43.7. The number of fused-ring (bicyclic) bond motifs is 5. The molecule has 8 nitrogen and oxygen atoms in total. The molecule has 380 valence electrons. The monoisotopic (exact) mass is 963 g/mol. The van der Waals surface area contributed by atoms with Crippen molar-refractivity contribution in [3.05, 3.63) is 119 Å². The lowest BCUT2D eigenvalue weighted by Crippen LogP contribution is -2.51. The molecule has 5 aliphatic carbocycles. The number of benzene rings is 3. The van der Waals surface area contributed by atoms with Crippen molar-refractivity contribution in [2.24, 2.45) is 56.6 Å². The highest BCUT2D eigenvalue weighted by atomic mass is 16.5. The first-order valence-electron chi connectivity index (χ1n) is 27.8. The van der Waals surface area contributed by atoms with E-state index < -0.39 is 5.97 Å². The van der Waals surface area contributed by atoms with E-state index in [4.69, 9.17) is 14.2 Å². The van der Waals surface area contributed by atoms with Crippen LogP contribution < -0.4 is 4.74 Å². The quantitative estimate of drug-likeness (QED) is 0.0308. The Labute approximate surface area is 425 Å². The highest BCUT2D eigenvalue weighted by Gasteiger charge is 2.59. The average Bonchev–Trinajstić information content (AvgIpc) is 4.04. The predicted molar refractivity (Wildman–Crippen MR) is 285 cm³/mol. The molecule has 8 rings (SSSR count). The van der Waals surface area contributed by atoms with Crippen LogP contribution in [-0.2, 0) is 14.3 Å². The van der Waals surface area contributed by atoms with E-state index in [2.05, 4.69) is 63.1 Å². The van der Waals surface area contributed by atoms with Crippen molar-refractivity contribution in [2.45, 2.75) is 176 Å². The number of azo groups is 1. The molecule has 0 unspecified atom stereocenters. The molecule has 3 aromatic carbocycles. The third-order valence-corrected chi connectivity index (χ3v) is 17.8. The largest absolute Gasteiger partial charge is 0.462 e. The molecule has 0 saturated heterocycles. The highest BCUT2D eigenvalue weighted by Crippen LogP contribution is 2.67. The van der Waals surface area contributed by atoms with Gasteiger partial charge >= 0.3 is 17.9 Å². The second kappa shape index (κ2) is 24.5. The fourth-order valence-electron chi connectivity index (χ4n) is 13.7. The molecule has 8 atom stereocenters. The van der Waals surface area contributed by atoms with Gasteiger partial charge in [-0.1, -0.05) is 134 Å². The Morgan fingerprint density at radius 3 is 2.04 bits per heavy atom. The first-order valence-corrected chi connectivity index (χ1v) is 27.8. The van der Waals surface area contributed by atoms with Crippen LogP contribution in [0.25, 0.3) is 5.57 Å². The Morgan fingerprint density at radius 1 is 0.690 bits per heavy atom. The van der Waals surface area contributed by atoms with Crippen LogP contribution in [0.3, 0.4) is 0 Å². The minimum absolute atomic E-state index is 0.00850. The Bertz CT molecular complexity index is 2380. The normalized spacial score (nSPS) is 26.0. The molecule has 8 heteroatoms. The highest BCUT2D eigenvalue weighted by molar-refractivity contribution is 5.91. The number of carbonyl (C=O) groups is 3. The predicted octanol–water partition coefficient (Wildman–Crippen LogP) is 17.3. The van der Waals surface area contributed by atoms with Crippen LogP contribution in [0.1, 0.15) is 196 Å². The minimum atomic E-state index is -0.422. The summed E-state index contributed by atoms with van der Waals surface area (Å²) in [6.45, 7) is 13.0. The Kier molecular flexibility index (Phi) is 18.0. The second-order valence-corrected chi connectivity index (χ2v) is 22.9. The van der Waals surface area contributed by atoms with Gasteiger partial charge in [0, 0.05) is 12.8 Å². The lowest BCUT2D eigenvalue weighted by molar-refractivity contribution is -0.151. The van der Waals surface area contributed by atoms with E-state index in [-0.39, 0.29) is 23.5 Å². The maximum atomic E-state index is 13.0. The van der Waals surface area contributed by atoms with Gasteiger partial charge in [-0.25, -0.2) is 9.59 Å². The Hall–Kier alpha value is -5.11. The van der Waals surface area contributed by atoms with Gasteiger partial charge in [-0.15, -0.1) is 0 Å². The number of carbonyl (C=O) groups excluding carboxylic acids is 3. The number of ether oxygens (including phenoxy) is 3. The van der Waals surface area contributed by atoms with Crippen LogP contribution in [0.2, 0.25) is 0 Å². The second-order valence-electron chi connectivity index (χ2n) is 22.9. The van der Waals surface area contributed by atoms with Gasteiger partial charge in [0.25, 0.3) is 0 Å². The van der Waals surface area contributed by atoms with E-state index in [0.29, 0.717) is 46.7 Å². The number of esters is 3. The maximum absolute atomic E-state index is 13.0. The smallest absolute Gasteiger partial charge is 0.343 e. The molecule has 5 aliphatic rings. The van der Waals surface area contributed by atoms with Crippen LogP contribution in [-0.4, -0.2) is 30.6 Å². The molecular formula is C63H82N2O6. The van der Waals surface area contributed by atoms with Crippen molar-refractivity contribution in [3.63, 3.8) is 0 Å². The zero-order valence-electron chi connectivity index (χ0n) is 43.7. The summed E-state index contributed by atoms with van der Waals surface area (Å²) in [7, 11) is 0. The number of nitrogens with zero attached hydrogens (tertiary/aromatic N) is 2. The Balaban J connectivity index is 0.645. The van der Waals surface area contributed by atoms with E-state index in [1.165, 1.54) is 63.4 Å². The van der Waals surface area contributed by atoms with Gasteiger partial charge in [-0.2, -0.15) is 10.2 Å². The summed E-state index contributed by atoms with van der Waals surface area (Å²) < 4.78 is 17.2. The summed E-state index contributed by atoms with van der Waals surface area (Å²) in [5.74, 6) is 4.69. The van der Waals surface area contributed by atoms with Gasteiger partial charge in [0.05, 0.1) is 29.1 Å². The molecule has 0 bridgehead atoms. The van der Waals surface area contributed by atoms with Crippen molar-refractivity contribution in [3.8, 4) is 5.75 Å². The standard InChI is InChI=1S/C63H82N2O6/c1-44(2)17-16-18-45(3)56-36-37-57-55-35-28-50-43-54(38-40-62(50,4)58(55)39-41-63(56,57)5)70-59(66)21-12-10-8-6-7-9-11-15-42-69-60(67)48-26-29-51(30-27-48)64-65-52-31-33-53(34-32-52)71-61(68)49-24-22-47(23-25-49)46-19-13-14-20-46/h13-14,19,22-34,44-45,54-58H,6-12,15-18,20-21,35-43H2,1-5H3/t45-,54+,55+,56-,57+,58+,62+,63-/m1/s1. The average molecular weight is 963 g/mol. The minimum Gasteiger partial charge on any atom is -0.462 e. The van der Waals surface area contributed by atoms with Gasteiger partial charge < -0.3 is 14.2 Å². The molecule has 71 heavy (non-hydrogen) atoms. The molecular weight excluding hydrogens is 881 g/mol. The topological polar surface area (TPSA) is 104 Å². The summed E-state index contributed by atoms with van der Waals surface area (Å²) >= 11 is 0. The SMILES string of the molecule is CC(C)CCC[C@@H](C)[C@H]1CC[C@H]2[C@@H]3CC=C4C[C@@H](OC(=O)CCCCCCCCCCOC(=O)c5ccc(N=Nc6ccc(OC(=O)c7ccc(C8=CC=CC8)cc7)cc6)cc5)CC[C@]4(C)[C@H]3CC[C@]12C. The van der Waals surface area contributed by atoms with Crippen LogP contribution in [0.4, 0.5) is 11.4 Å². The van der Waals surface area contributed by atoms with E-state index in [1.54, 1.807) is 66.2 Å². The summed E-state index contributed by atoms with van der Waals surface area (Å²) in [6, 6.07) is 21.1. The molecule has 3 saturated carbocycles. The zero-order chi connectivity index (χ0) is 49.8. The fourth-order valence-corrected chi connectivity index (χ4v) is 13.7. The first-order chi connectivity index (χ1) is 34.4. The molecule has 3 fully saturated rings. The number of allylic oxidation sites excluding steroid dienone is 5. The van der Waals surface area contributed by atoms with Crippen molar-refractivity contribution in [1.82, 2.24) is 0 Å². The van der Waals surface area contributed by atoms with E-state index in [1.807, 2.05) is 18.2 Å². The molecule has 0 radical (unpaired) electrons. The number of unbranched alkanes of at least 4 members (excludes halogenated alkanes) is 7. The molecule has 3 aromatic rings. The van der Waals surface area contributed by atoms with E-state index in [0.717, 1.165) is 112 Å². The Morgan fingerprint density at radius 2 is 1.35 bits per heavy atom. The lowest BCUT2D eigenvalue weighted by Gasteiger charge is -2.58. The first kappa shape index (κ1) is 52.2. The van der Waals surface area contributed by atoms with Gasteiger partial charge in [0.1, 0.15) is 11.9 Å². The van der Waals surface area contributed by atoms with Crippen LogP contribution in [0, 0.1) is 46.3 Å². The molecule has 0 spiro atoms. The summed E-state index contributed by atoms with van der Waals surface area (Å²) in [4.78, 5) is 38.3. The summed E-state index contributed by atoms with van der Waals surface area (Å²) in [6.07, 6.45) is 32.8. The molecule has 0 aromatic heterocycles. The van der Waals surface area contributed by atoms with E-state index >= 15 is 0 Å². The van der Waals surface area contributed by atoms with Crippen molar-refractivity contribution in [1.29, 1.82) is 0 Å². The fraction of sp³-hybridized carbons (Fsp3) is 0.571. The third-order valence-electron chi connectivity index (χ3n) is 17.8. The van der Waals surface area contributed by atoms with E-state index in [9.17, 15) is 14.4 Å². The van der Waals surface area contributed by atoms with Gasteiger partial charge in [0.15, 0.2) is 0 Å². The van der Waals surface area contributed by atoms with Crippen LogP contribution in [0.5, 0.6) is 5.75 Å². The van der Waals surface area contributed by atoms with Gasteiger partial charge in [-0.05, 0) is 182 Å². The van der Waals surface area contributed by atoms with Crippen molar-refractivity contribution < 1.29 is 28.6 Å². The summed E-state index contributed by atoms with van der Waals surface area (Å²) in [5, 5.41) is 8.57. The lowest BCUT2D eigenvalue weighted by atomic mass is 9.47. The van der Waals surface area contributed by atoms with Gasteiger partial charge in [-0.3, -0.25) is 4.79 Å². The number of hydrogen-bond acceptors (Lipinski definition) is 8.